The van der Waals surface area contributed by atoms with Gasteiger partial charge in [0.05, 0.1) is 17.5 Å². The number of halogens is 1. The van der Waals surface area contributed by atoms with Gasteiger partial charge in [-0.15, -0.1) is 0 Å². The number of amides is 2. The molecular formula is C19H24FN3O3. The summed E-state index contributed by atoms with van der Waals surface area (Å²) in [6.07, 6.45) is 1.40. The largest absolute Gasteiger partial charge is 0.469 e. The maximum Gasteiger partial charge on any atom is 0.259 e. The Kier molecular flexibility index (Phi) is 5.69. The molecule has 26 heavy (non-hydrogen) atoms. The van der Waals surface area contributed by atoms with Crippen molar-refractivity contribution in [2.24, 2.45) is 0 Å². The first kappa shape index (κ1) is 19.5. The zero-order valence-electron chi connectivity index (χ0n) is 15.6. The molecule has 0 aliphatic carbocycles. The van der Waals surface area contributed by atoms with E-state index >= 15 is 0 Å². The first-order valence-electron chi connectivity index (χ1n) is 8.30. The molecule has 0 unspecified atom stereocenters. The quantitative estimate of drug-likeness (QED) is 0.758. The van der Waals surface area contributed by atoms with Gasteiger partial charge in [-0.05, 0) is 58.9 Å². The number of rotatable bonds is 5. The van der Waals surface area contributed by atoms with Gasteiger partial charge < -0.3 is 20.4 Å². The van der Waals surface area contributed by atoms with E-state index in [0.717, 1.165) is 0 Å². The van der Waals surface area contributed by atoms with Crippen LogP contribution in [0.2, 0.25) is 0 Å². The van der Waals surface area contributed by atoms with Crippen LogP contribution in [0, 0.1) is 12.7 Å². The van der Waals surface area contributed by atoms with Crippen molar-refractivity contribution in [1.29, 1.82) is 0 Å². The van der Waals surface area contributed by atoms with E-state index in [0.29, 0.717) is 17.0 Å². The van der Waals surface area contributed by atoms with Crippen LogP contribution in [0.25, 0.3) is 0 Å². The zero-order valence-corrected chi connectivity index (χ0v) is 15.6. The maximum atomic E-state index is 14.0. The van der Waals surface area contributed by atoms with Gasteiger partial charge >= 0.3 is 0 Å². The molecule has 7 heteroatoms. The molecule has 0 saturated carbocycles. The van der Waals surface area contributed by atoms with Crippen molar-refractivity contribution in [2.75, 3.05) is 10.6 Å². The lowest BCUT2D eigenvalue weighted by atomic mass is 10.1. The molecule has 1 atom stereocenters. The van der Waals surface area contributed by atoms with Crippen molar-refractivity contribution < 1.29 is 18.4 Å². The zero-order chi connectivity index (χ0) is 19.5. The van der Waals surface area contributed by atoms with Gasteiger partial charge in [0.1, 0.15) is 17.6 Å². The van der Waals surface area contributed by atoms with Crippen LogP contribution in [0.5, 0.6) is 0 Å². The third-order valence-corrected chi connectivity index (χ3v) is 3.59. The van der Waals surface area contributed by atoms with Gasteiger partial charge in [0, 0.05) is 11.2 Å². The molecule has 6 nitrogen and oxygen atoms in total. The van der Waals surface area contributed by atoms with Crippen molar-refractivity contribution in [3.8, 4) is 0 Å². The van der Waals surface area contributed by atoms with Gasteiger partial charge in [-0.3, -0.25) is 9.59 Å². The molecule has 0 fully saturated rings. The fourth-order valence-corrected chi connectivity index (χ4v) is 2.31. The number of carbonyl (C=O) groups excluding carboxylic acids is 2. The van der Waals surface area contributed by atoms with Crippen LogP contribution in [0.4, 0.5) is 15.8 Å². The van der Waals surface area contributed by atoms with Crippen LogP contribution in [-0.2, 0) is 4.79 Å². The second-order valence-electron chi connectivity index (χ2n) is 7.14. The Morgan fingerprint density at radius 2 is 1.88 bits per heavy atom. The smallest absolute Gasteiger partial charge is 0.259 e. The summed E-state index contributed by atoms with van der Waals surface area (Å²) in [7, 11) is 0. The first-order valence-corrected chi connectivity index (χ1v) is 8.30. The molecule has 2 aromatic rings. The maximum absolute atomic E-state index is 14.0. The summed E-state index contributed by atoms with van der Waals surface area (Å²) in [5.74, 6) is -0.770. The van der Waals surface area contributed by atoms with E-state index in [2.05, 4.69) is 16.0 Å². The van der Waals surface area contributed by atoms with Crippen LogP contribution < -0.4 is 16.0 Å². The number of nitrogens with one attached hydrogen (secondary N) is 3. The summed E-state index contributed by atoms with van der Waals surface area (Å²) >= 11 is 0. The summed E-state index contributed by atoms with van der Waals surface area (Å²) in [6, 6.07) is 5.18. The Balaban J connectivity index is 2.10. The lowest BCUT2D eigenvalue weighted by molar-refractivity contribution is -0.122. The molecule has 3 N–H and O–H groups in total. The number of anilines is 2. The Hall–Kier alpha value is -2.83. The van der Waals surface area contributed by atoms with E-state index < -0.39 is 17.8 Å². The van der Waals surface area contributed by atoms with E-state index in [9.17, 15) is 14.0 Å². The van der Waals surface area contributed by atoms with E-state index in [1.807, 2.05) is 20.8 Å². The molecule has 1 aromatic heterocycles. The average molecular weight is 361 g/mol. The SMILES string of the molecule is Cc1occc1C(=O)Nc1cc(N[C@H](C)C(=O)NC(C)(C)C)ccc1F. The molecule has 0 radical (unpaired) electrons. The predicted octanol–water partition coefficient (Wildman–Crippen LogP) is 3.69. The predicted molar refractivity (Wildman–Crippen MR) is 98.8 cm³/mol. The summed E-state index contributed by atoms with van der Waals surface area (Å²) in [5.41, 5.74) is 0.518. The molecule has 0 aliphatic heterocycles. The lowest BCUT2D eigenvalue weighted by Gasteiger charge is -2.24. The topological polar surface area (TPSA) is 83.4 Å². The van der Waals surface area contributed by atoms with Crippen LogP contribution in [0.1, 0.15) is 43.8 Å². The minimum absolute atomic E-state index is 0.0176. The second kappa shape index (κ2) is 7.59. The standard InChI is InChI=1S/C19H24FN3O3/c1-11(17(24)23-19(3,4)5)21-13-6-7-15(20)16(10-13)22-18(25)14-8-9-26-12(14)2/h6-11,21H,1-5H3,(H,22,25)(H,23,24)/t11-/m1/s1. The van der Waals surface area contributed by atoms with E-state index in [1.165, 1.54) is 30.5 Å². The highest BCUT2D eigenvalue weighted by molar-refractivity contribution is 6.05. The van der Waals surface area contributed by atoms with Gasteiger partial charge in [-0.2, -0.15) is 0 Å². The van der Waals surface area contributed by atoms with Crippen molar-refractivity contribution in [2.45, 2.75) is 46.2 Å². The average Bonchev–Trinajstić information content (AvgIpc) is 2.95. The molecule has 2 amide bonds. The second-order valence-corrected chi connectivity index (χ2v) is 7.14. The van der Waals surface area contributed by atoms with Crippen LogP contribution in [0.3, 0.4) is 0 Å². The molecule has 140 valence electrons. The summed E-state index contributed by atoms with van der Waals surface area (Å²) < 4.78 is 19.1. The third kappa shape index (κ3) is 5.08. The highest BCUT2D eigenvalue weighted by atomic mass is 19.1. The number of hydrogen-bond acceptors (Lipinski definition) is 4. The summed E-state index contributed by atoms with van der Waals surface area (Å²) in [4.78, 5) is 24.4. The Bertz CT molecular complexity index is 809. The number of furan rings is 1. The van der Waals surface area contributed by atoms with Gasteiger partial charge in [0.15, 0.2) is 0 Å². The molecule has 2 rings (SSSR count). The molecule has 1 aromatic carbocycles. The van der Waals surface area contributed by atoms with E-state index in [-0.39, 0.29) is 17.1 Å². The fraction of sp³-hybridized carbons (Fsp3) is 0.368. The number of aryl methyl sites for hydroxylation is 1. The van der Waals surface area contributed by atoms with Crippen LogP contribution in [-0.4, -0.2) is 23.4 Å². The minimum Gasteiger partial charge on any atom is -0.469 e. The Labute approximate surface area is 152 Å². The molecule has 0 bridgehead atoms. The summed E-state index contributed by atoms with van der Waals surface area (Å²) in [5, 5.41) is 8.39. The van der Waals surface area contributed by atoms with Gasteiger partial charge in [-0.1, -0.05) is 0 Å². The van der Waals surface area contributed by atoms with Crippen LogP contribution in [0.15, 0.2) is 34.9 Å². The highest BCUT2D eigenvalue weighted by Crippen LogP contribution is 2.22. The third-order valence-electron chi connectivity index (χ3n) is 3.59. The van der Waals surface area contributed by atoms with Crippen molar-refractivity contribution >= 4 is 23.2 Å². The Morgan fingerprint density at radius 1 is 1.19 bits per heavy atom. The van der Waals surface area contributed by atoms with E-state index in [4.69, 9.17) is 4.42 Å². The van der Waals surface area contributed by atoms with Gasteiger partial charge in [-0.25, -0.2) is 4.39 Å². The van der Waals surface area contributed by atoms with Gasteiger partial charge in [0.2, 0.25) is 5.91 Å². The normalized spacial score (nSPS) is 12.4. The molecule has 0 spiro atoms. The highest BCUT2D eigenvalue weighted by Gasteiger charge is 2.20. The minimum atomic E-state index is -0.572. The van der Waals surface area contributed by atoms with Gasteiger partial charge in [0.25, 0.3) is 5.91 Å². The number of hydrogen-bond donors (Lipinski definition) is 3. The molecular weight excluding hydrogens is 337 g/mol. The molecule has 0 aliphatic rings. The monoisotopic (exact) mass is 361 g/mol. The number of benzene rings is 1. The lowest BCUT2D eigenvalue weighted by Crippen LogP contribution is -2.47. The first-order chi connectivity index (χ1) is 12.1. The van der Waals surface area contributed by atoms with Crippen molar-refractivity contribution in [3.63, 3.8) is 0 Å². The summed E-state index contributed by atoms with van der Waals surface area (Å²) in [6.45, 7) is 9.03. The Morgan fingerprint density at radius 3 is 2.46 bits per heavy atom. The van der Waals surface area contributed by atoms with Crippen molar-refractivity contribution in [3.05, 3.63) is 47.7 Å². The van der Waals surface area contributed by atoms with Crippen molar-refractivity contribution in [1.82, 2.24) is 5.32 Å². The fourth-order valence-electron chi connectivity index (χ4n) is 2.31. The molecule has 1 heterocycles. The van der Waals surface area contributed by atoms with E-state index in [1.54, 1.807) is 13.8 Å². The van der Waals surface area contributed by atoms with Crippen LogP contribution >= 0.6 is 0 Å². The molecule has 0 saturated heterocycles. The number of carbonyl (C=O) groups is 2.